The van der Waals surface area contributed by atoms with Crippen molar-refractivity contribution in [2.24, 2.45) is 0 Å². The van der Waals surface area contributed by atoms with E-state index in [1.807, 2.05) is 0 Å². The highest BCUT2D eigenvalue weighted by molar-refractivity contribution is 6.16. The molecule has 0 amide bonds. The molecule has 1 aliphatic heterocycles. The molecule has 0 aromatic carbocycles. The van der Waals surface area contributed by atoms with Gasteiger partial charge in [-0.1, -0.05) is 0 Å². The zero-order chi connectivity index (χ0) is 9.10. The molecule has 0 N–H and O–H groups in total. The molecule has 1 aliphatic rings. The lowest BCUT2D eigenvalue weighted by Crippen LogP contribution is -2.20. The highest BCUT2D eigenvalue weighted by atomic mass is 35.5. The van der Waals surface area contributed by atoms with Crippen LogP contribution in [-0.4, -0.2) is 28.0 Å². The Bertz CT molecular complexity index is 270. The van der Waals surface area contributed by atoms with Crippen molar-refractivity contribution >= 4 is 11.6 Å². The van der Waals surface area contributed by atoms with E-state index in [0.29, 0.717) is 11.9 Å². The summed E-state index contributed by atoms with van der Waals surface area (Å²) in [5.41, 5.74) is 0. The van der Waals surface area contributed by atoms with E-state index in [1.54, 1.807) is 6.33 Å². The van der Waals surface area contributed by atoms with Crippen molar-refractivity contribution in [3.8, 4) is 0 Å². The summed E-state index contributed by atoms with van der Waals surface area (Å²) >= 11 is 5.74. The second-order valence-electron chi connectivity index (χ2n) is 3.13. The number of hydrogen-bond donors (Lipinski definition) is 0. The summed E-state index contributed by atoms with van der Waals surface area (Å²) in [5.74, 6) is 1.28. The average Bonchev–Trinajstić information content (AvgIpc) is 2.67. The van der Waals surface area contributed by atoms with Crippen LogP contribution >= 0.6 is 11.6 Å². The second kappa shape index (κ2) is 4.07. The number of halogens is 1. The largest absolute Gasteiger partial charge is 0.381 e. The molecule has 1 aromatic heterocycles. The molecule has 2 heterocycles. The Morgan fingerprint density at radius 1 is 1.54 bits per heavy atom. The number of aromatic nitrogens is 3. The third kappa shape index (κ3) is 1.84. The van der Waals surface area contributed by atoms with Gasteiger partial charge in [-0.05, 0) is 12.8 Å². The first-order valence-electron chi connectivity index (χ1n) is 4.44. The average molecular weight is 202 g/mol. The maximum Gasteiger partial charge on any atom is 0.148 e. The van der Waals surface area contributed by atoms with E-state index in [0.717, 1.165) is 31.9 Å². The molecule has 0 unspecified atom stereocenters. The summed E-state index contributed by atoms with van der Waals surface area (Å²) in [6.45, 7) is 1.65. The maximum atomic E-state index is 5.74. The molecular formula is C8H12ClN3O. The lowest BCUT2D eigenvalue weighted by molar-refractivity contribution is 0.0689. The van der Waals surface area contributed by atoms with Gasteiger partial charge in [0.25, 0.3) is 0 Å². The summed E-state index contributed by atoms with van der Waals surface area (Å²) in [6.07, 6.45) is 3.82. The van der Waals surface area contributed by atoms with Crippen LogP contribution in [0.5, 0.6) is 0 Å². The van der Waals surface area contributed by atoms with Crippen molar-refractivity contribution in [1.82, 2.24) is 14.8 Å². The van der Waals surface area contributed by atoms with Gasteiger partial charge in [0.15, 0.2) is 0 Å². The van der Waals surface area contributed by atoms with E-state index in [1.165, 1.54) is 0 Å². The fraction of sp³-hybridized carbons (Fsp3) is 0.750. The second-order valence-corrected chi connectivity index (χ2v) is 3.40. The fourth-order valence-electron chi connectivity index (χ4n) is 1.63. The van der Waals surface area contributed by atoms with Crippen LogP contribution in [-0.2, 0) is 10.6 Å². The molecule has 1 aromatic rings. The number of rotatable bonds is 2. The monoisotopic (exact) mass is 201 g/mol. The van der Waals surface area contributed by atoms with E-state index in [-0.39, 0.29) is 0 Å². The number of nitrogens with zero attached hydrogens (tertiary/aromatic N) is 3. The van der Waals surface area contributed by atoms with Crippen molar-refractivity contribution in [2.75, 3.05) is 13.2 Å². The molecule has 2 rings (SSSR count). The molecule has 1 saturated heterocycles. The molecule has 0 spiro atoms. The van der Waals surface area contributed by atoms with Crippen molar-refractivity contribution < 1.29 is 4.74 Å². The summed E-state index contributed by atoms with van der Waals surface area (Å²) in [6, 6.07) is 0.470. The smallest absolute Gasteiger partial charge is 0.148 e. The Labute approximate surface area is 81.9 Å². The van der Waals surface area contributed by atoms with Crippen LogP contribution in [0.2, 0.25) is 0 Å². The van der Waals surface area contributed by atoms with Gasteiger partial charge in [0.1, 0.15) is 12.2 Å². The number of ether oxygens (including phenoxy) is 1. The van der Waals surface area contributed by atoms with Gasteiger partial charge in [0.05, 0.1) is 5.88 Å². The van der Waals surface area contributed by atoms with Crippen molar-refractivity contribution in [2.45, 2.75) is 24.8 Å². The van der Waals surface area contributed by atoms with Gasteiger partial charge in [0, 0.05) is 19.3 Å². The fourth-order valence-corrected chi connectivity index (χ4v) is 1.82. The SMILES string of the molecule is ClCc1nncn1C1CCOCC1. The minimum Gasteiger partial charge on any atom is -0.381 e. The Hall–Kier alpha value is -0.610. The van der Waals surface area contributed by atoms with Crippen LogP contribution in [0.1, 0.15) is 24.7 Å². The molecule has 0 aliphatic carbocycles. The third-order valence-electron chi connectivity index (χ3n) is 2.35. The molecule has 13 heavy (non-hydrogen) atoms. The summed E-state index contributed by atoms with van der Waals surface area (Å²) < 4.78 is 7.35. The first-order valence-corrected chi connectivity index (χ1v) is 4.97. The summed E-state index contributed by atoms with van der Waals surface area (Å²) in [4.78, 5) is 0. The van der Waals surface area contributed by atoms with Crippen LogP contribution < -0.4 is 0 Å². The highest BCUT2D eigenvalue weighted by Crippen LogP contribution is 2.21. The van der Waals surface area contributed by atoms with E-state index >= 15 is 0 Å². The maximum absolute atomic E-state index is 5.74. The Kier molecular flexibility index (Phi) is 2.80. The standard InChI is InChI=1S/C8H12ClN3O/c9-5-8-11-10-6-12(8)7-1-3-13-4-2-7/h6-7H,1-5H2. The predicted molar refractivity (Wildman–Crippen MR) is 48.7 cm³/mol. The molecular weight excluding hydrogens is 190 g/mol. The molecule has 0 radical (unpaired) electrons. The lowest BCUT2D eigenvalue weighted by Gasteiger charge is -2.23. The van der Waals surface area contributed by atoms with Crippen LogP contribution in [0.3, 0.4) is 0 Å². The van der Waals surface area contributed by atoms with Crippen LogP contribution in [0.15, 0.2) is 6.33 Å². The number of hydrogen-bond acceptors (Lipinski definition) is 3. The molecule has 0 saturated carbocycles. The topological polar surface area (TPSA) is 39.9 Å². The Balaban J connectivity index is 2.13. The molecule has 0 bridgehead atoms. The minimum absolute atomic E-state index is 0.428. The van der Waals surface area contributed by atoms with Crippen molar-refractivity contribution in [3.63, 3.8) is 0 Å². The minimum atomic E-state index is 0.428. The van der Waals surface area contributed by atoms with E-state index in [9.17, 15) is 0 Å². The van der Waals surface area contributed by atoms with Gasteiger partial charge in [-0.3, -0.25) is 0 Å². The van der Waals surface area contributed by atoms with Crippen LogP contribution in [0, 0.1) is 0 Å². The summed E-state index contributed by atoms with van der Waals surface area (Å²) in [7, 11) is 0. The van der Waals surface area contributed by atoms with Gasteiger partial charge in [0.2, 0.25) is 0 Å². The summed E-state index contributed by atoms with van der Waals surface area (Å²) in [5, 5.41) is 7.81. The quantitative estimate of drug-likeness (QED) is 0.679. The normalized spacial score (nSPS) is 19.2. The van der Waals surface area contributed by atoms with Crippen LogP contribution in [0.25, 0.3) is 0 Å². The molecule has 72 valence electrons. The van der Waals surface area contributed by atoms with Crippen molar-refractivity contribution in [3.05, 3.63) is 12.2 Å². The van der Waals surface area contributed by atoms with Crippen LogP contribution in [0.4, 0.5) is 0 Å². The number of alkyl halides is 1. The van der Waals surface area contributed by atoms with E-state index < -0.39 is 0 Å². The Morgan fingerprint density at radius 2 is 2.31 bits per heavy atom. The van der Waals surface area contributed by atoms with Gasteiger partial charge in [-0.15, -0.1) is 21.8 Å². The molecule has 4 nitrogen and oxygen atoms in total. The zero-order valence-corrected chi connectivity index (χ0v) is 8.07. The lowest BCUT2D eigenvalue weighted by atomic mass is 10.1. The first kappa shape index (κ1) is 8.97. The highest BCUT2D eigenvalue weighted by Gasteiger charge is 2.17. The van der Waals surface area contributed by atoms with Crippen molar-refractivity contribution in [1.29, 1.82) is 0 Å². The predicted octanol–water partition coefficient (Wildman–Crippen LogP) is 1.37. The van der Waals surface area contributed by atoms with Gasteiger partial charge in [-0.25, -0.2) is 0 Å². The third-order valence-corrected chi connectivity index (χ3v) is 2.59. The zero-order valence-electron chi connectivity index (χ0n) is 7.32. The molecule has 1 fully saturated rings. The van der Waals surface area contributed by atoms with Gasteiger partial charge >= 0.3 is 0 Å². The Morgan fingerprint density at radius 3 is 3.00 bits per heavy atom. The van der Waals surface area contributed by atoms with E-state index in [4.69, 9.17) is 16.3 Å². The van der Waals surface area contributed by atoms with E-state index in [2.05, 4.69) is 14.8 Å². The molecule has 5 heteroatoms. The molecule has 0 atom stereocenters. The van der Waals surface area contributed by atoms with Gasteiger partial charge < -0.3 is 9.30 Å². The van der Waals surface area contributed by atoms with Gasteiger partial charge in [-0.2, -0.15) is 0 Å². The first-order chi connectivity index (χ1) is 6.42.